The third-order valence-electron chi connectivity index (χ3n) is 1.51. The van der Waals surface area contributed by atoms with Crippen molar-refractivity contribution >= 4 is 10.6 Å². The minimum Gasteiger partial charge on any atom is -0.496 e. The van der Waals surface area contributed by atoms with Gasteiger partial charge in [0.2, 0.25) is 0 Å². The summed E-state index contributed by atoms with van der Waals surface area (Å²) >= 11 is 0. The fraction of sp³-hybridized carbons (Fsp3) is 0.250. The maximum atomic E-state index is 10.6. The zero-order chi connectivity index (χ0) is 8.97. The molecule has 1 N–H and O–H groups in total. The van der Waals surface area contributed by atoms with Crippen LogP contribution >= 0.6 is 0 Å². The number of ether oxygens (including phenoxy) is 1. The largest absolute Gasteiger partial charge is 0.496 e. The molecule has 0 saturated heterocycles. The van der Waals surface area contributed by atoms with Crippen molar-refractivity contribution in [3.05, 3.63) is 29.8 Å². The van der Waals surface area contributed by atoms with Gasteiger partial charge in [-0.2, -0.15) is 0 Å². The summed E-state index contributed by atoms with van der Waals surface area (Å²) in [6.07, 6.45) is 0. The van der Waals surface area contributed by atoms with Crippen LogP contribution in [-0.2, 0) is 16.3 Å². The van der Waals surface area contributed by atoms with E-state index in [-0.39, 0.29) is 43.5 Å². The smallest absolute Gasteiger partial charge is 0.123 e. The van der Waals surface area contributed by atoms with Gasteiger partial charge in [0.25, 0.3) is 0 Å². The van der Waals surface area contributed by atoms with E-state index >= 15 is 0 Å². The van der Waals surface area contributed by atoms with E-state index in [2.05, 4.69) is 0 Å². The van der Waals surface area contributed by atoms with Crippen molar-refractivity contribution in [1.29, 1.82) is 4.78 Å². The number of para-hydroxylation sites is 1. The second-order valence-electron chi connectivity index (χ2n) is 2.35. The SMILES string of the molecule is COc1ccccc1C[SH](=N)=O.[Ar]. The molecule has 3 nitrogen and oxygen atoms in total. The number of benzene rings is 1. The van der Waals surface area contributed by atoms with Gasteiger partial charge in [0.05, 0.1) is 12.9 Å². The Hall–Kier alpha value is 0.230. The zero-order valence-electron chi connectivity index (χ0n) is 7.13. The van der Waals surface area contributed by atoms with E-state index in [1.54, 1.807) is 13.2 Å². The van der Waals surface area contributed by atoms with Crippen molar-refractivity contribution in [3.8, 4) is 5.75 Å². The van der Waals surface area contributed by atoms with E-state index in [9.17, 15) is 4.21 Å². The number of thiol groups is 1. The first-order valence-corrected chi connectivity index (χ1v) is 4.96. The van der Waals surface area contributed by atoms with Crippen LogP contribution in [0, 0.1) is 42.5 Å². The van der Waals surface area contributed by atoms with Crippen LogP contribution in [-0.4, -0.2) is 11.3 Å². The average molecular weight is 225 g/mol. The summed E-state index contributed by atoms with van der Waals surface area (Å²) in [5.74, 6) is 0.965. The summed E-state index contributed by atoms with van der Waals surface area (Å²) in [6.45, 7) is 0. The Bertz CT molecular complexity index is 331. The second kappa shape index (κ2) is 6.65. The Morgan fingerprint density at radius 3 is 2.62 bits per heavy atom. The van der Waals surface area contributed by atoms with Crippen LogP contribution in [0.1, 0.15) is 5.56 Å². The molecule has 0 aliphatic heterocycles. The van der Waals surface area contributed by atoms with Crippen molar-refractivity contribution in [2.75, 3.05) is 7.11 Å². The van der Waals surface area contributed by atoms with Crippen molar-refractivity contribution in [1.82, 2.24) is 0 Å². The molecule has 0 saturated carbocycles. The minimum absolute atomic E-state index is 0. The van der Waals surface area contributed by atoms with Gasteiger partial charge in [-0.05, 0) is 6.07 Å². The van der Waals surface area contributed by atoms with Gasteiger partial charge < -0.3 is 4.74 Å². The maximum Gasteiger partial charge on any atom is 0.123 e. The van der Waals surface area contributed by atoms with Crippen LogP contribution < -0.4 is 4.74 Å². The molecule has 0 aliphatic rings. The van der Waals surface area contributed by atoms with Crippen LogP contribution in [0.15, 0.2) is 24.3 Å². The molecule has 13 heavy (non-hydrogen) atoms. The van der Waals surface area contributed by atoms with Crippen LogP contribution in [0.2, 0.25) is 0 Å². The van der Waals surface area contributed by atoms with Crippen molar-refractivity contribution < 1.29 is 46.7 Å². The molecule has 0 spiro atoms. The number of hydrogen-bond acceptors (Lipinski definition) is 3. The maximum absolute atomic E-state index is 10.6. The zero-order valence-corrected chi connectivity index (χ0v) is 8.74. The molecular formula is C8H11ArNO2S. The number of nitrogens with one attached hydrogen (secondary N) is 1. The van der Waals surface area contributed by atoms with Gasteiger partial charge in [-0.3, -0.25) is 8.99 Å². The van der Waals surface area contributed by atoms with Gasteiger partial charge in [0.15, 0.2) is 0 Å². The Morgan fingerprint density at radius 1 is 1.46 bits per heavy atom. The molecule has 1 aromatic rings. The third-order valence-corrected chi connectivity index (χ3v) is 2.13. The molecule has 74 valence electrons. The van der Waals surface area contributed by atoms with E-state index in [1.165, 1.54) is 0 Å². The molecule has 0 aliphatic carbocycles. The van der Waals surface area contributed by atoms with Gasteiger partial charge in [0.1, 0.15) is 5.75 Å². The normalized spacial score (nSPS) is 11.5. The summed E-state index contributed by atoms with van der Waals surface area (Å²) in [5.41, 5.74) is 0.830. The summed E-state index contributed by atoms with van der Waals surface area (Å²) < 4.78 is 22.6. The standard InChI is InChI=1S/C8H11NO2S.Ar/c1-11-8-5-3-2-4-7(8)6-12(9)10;/h2-5,9,12H,6H2,1H3;. The fourth-order valence-electron chi connectivity index (χ4n) is 0.988. The third kappa shape index (κ3) is 4.31. The molecule has 0 aromatic heterocycles. The molecule has 0 radical (unpaired) electrons. The van der Waals surface area contributed by atoms with E-state index in [4.69, 9.17) is 9.52 Å². The molecule has 0 bridgehead atoms. The van der Waals surface area contributed by atoms with E-state index < -0.39 is 10.6 Å². The van der Waals surface area contributed by atoms with E-state index in [0.29, 0.717) is 5.75 Å². The summed E-state index contributed by atoms with van der Waals surface area (Å²) in [4.78, 5) is 0. The second-order valence-corrected chi connectivity index (χ2v) is 3.42. The molecule has 0 fully saturated rings. The monoisotopic (exact) mass is 225 g/mol. The minimum atomic E-state index is -1.88. The molecule has 0 heterocycles. The summed E-state index contributed by atoms with van der Waals surface area (Å²) in [7, 11) is -0.313. The molecule has 1 atom stereocenters. The molecule has 1 unspecified atom stereocenters. The molecule has 5 heteroatoms. The first kappa shape index (κ1) is 13.2. The van der Waals surface area contributed by atoms with Gasteiger partial charge >= 0.3 is 0 Å². The Labute approximate surface area is 109 Å². The van der Waals surface area contributed by atoms with Crippen LogP contribution in [0.4, 0.5) is 0 Å². The van der Waals surface area contributed by atoms with E-state index in [1.807, 2.05) is 18.2 Å². The number of hydrogen-bond donors (Lipinski definition) is 2. The van der Waals surface area contributed by atoms with E-state index in [0.717, 1.165) is 5.56 Å². The molecule has 0 amide bonds. The Balaban J connectivity index is 0.00000144. The predicted molar refractivity (Wildman–Crippen MR) is 49.0 cm³/mol. The van der Waals surface area contributed by atoms with Gasteiger partial charge in [-0.25, -0.2) is 0 Å². The summed E-state index contributed by atoms with van der Waals surface area (Å²) in [5, 5.41) is 0. The number of rotatable bonds is 3. The first-order chi connectivity index (χ1) is 5.74. The van der Waals surface area contributed by atoms with Crippen LogP contribution in [0.5, 0.6) is 5.75 Å². The molecule has 1 aromatic carbocycles. The van der Waals surface area contributed by atoms with Crippen LogP contribution in [0.3, 0.4) is 0 Å². The van der Waals surface area contributed by atoms with Gasteiger partial charge in [-0.15, -0.1) is 0 Å². The van der Waals surface area contributed by atoms with Gasteiger partial charge in [0, 0.05) is 53.9 Å². The average Bonchev–Trinajstić information content (AvgIpc) is 2.04. The first-order valence-electron chi connectivity index (χ1n) is 3.52. The fourth-order valence-corrected chi connectivity index (χ4v) is 1.56. The molecule has 1 rings (SSSR count). The van der Waals surface area contributed by atoms with Crippen LogP contribution in [0.25, 0.3) is 0 Å². The number of methoxy groups -OCH3 is 1. The Morgan fingerprint density at radius 2 is 2.08 bits per heavy atom. The molecular weight excluding hydrogens is 214 g/mol. The predicted octanol–water partition coefficient (Wildman–Crippen LogP) is 1.44. The Kier molecular flexibility index (Phi) is 6.77. The van der Waals surface area contributed by atoms with Gasteiger partial charge in [-0.1, -0.05) is 18.2 Å². The summed E-state index contributed by atoms with van der Waals surface area (Å²) in [6, 6.07) is 7.31. The van der Waals surface area contributed by atoms with Crippen molar-refractivity contribution in [2.24, 2.45) is 0 Å². The van der Waals surface area contributed by atoms with Crippen molar-refractivity contribution in [2.45, 2.75) is 5.75 Å². The quantitative estimate of drug-likeness (QED) is 0.765. The van der Waals surface area contributed by atoms with Crippen molar-refractivity contribution in [3.63, 3.8) is 0 Å². The topological polar surface area (TPSA) is 50.1 Å².